The molecule has 1 aromatic rings. The van der Waals surface area contributed by atoms with Gasteiger partial charge in [-0.2, -0.15) is 0 Å². The van der Waals surface area contributed by atoms with Crippen LogP contribution in [0.1, 0.15) is 44.7 Å². The second kappa shape index (κ2) is 10.0. The van der Waals surface area contributed by atoms with Gasteiger partial charge in [-0.25, -0.2) is 0 Å². The highest BCUT2D eigenvalue weighted by atomic mass is 79.9. The topological polar surface area (TPSA) is 107 Å². The Morgan fingerprint density at radius 1 is 1.37 bits per heavy atom. The molecule has 0 radical (unpaired) electrons. The fourth-order valence-electron chi connectivity index (χ4n) is 6.35. The predicted molar refractivity (Wildman–Crippen MR) is 133 cm³/mol. The third-order valence-electron chi connectivity index (χ3n) is 7.79. The number of rotatable bonds is 10. The molecular formula is C26H33BrN2O6. The molecule has 3 aliphatic rings. The lowest BCUT2D eigenvalue weighted by atomic mass is 9.70. The van der Waals surface area contributed by atoms with E-state index in [0.29, 0.717) is 12.0 Å². The van der Waals surface area contributed by atoms with Crippen molar-refractivity contribution in [1.82, 2.24) is 9.80 Å². The van der Waals surface area contributed by atoms with E-state index in [2.05, 4.69) is 22.5 Å². The molecule has 0 aromatic heterocycles. The van der Waals surface area contributed by atoms with Crippen molar-refractivity contribution in [3.05, 3.63) is 48.6 Å². The van der Waals surface area contributed by atoms with Crippen LogP contribution in [0.3, 0.4) is 0 Å². The molecule has 4 rings (SSSR count). The lowest BCUT2D eigenvalue weighted by molar-refractivity contribution is -0.154. The van der Waals surface area contributed by atoms with Crippen molar-refractivity contribution in [2.45, 2.75) is 67.8 Å². The van der Waals surface area contributed by atoms with Gasteiger partial charge in [0.15, 0.2) is 0 Å². The Hall–Kier alpha value is -2.23. The fourth-order valence-corrected chi connectivity index (χ4v) is 7.29. The quantitative estimate of drug-likeness (QED) is 0.344. The van der Waals surface area contributed by atoms with E-state index in [0.717, 1.165) is 12.8 Å². The van der Waals surface area contributed by atoms with E-state index >= 15 is 0 Å². The summed E-state index contributed by atoms with van der Waals surface area (Å²) >= 11 is 3.56. The van der Waals surface area contributed by atoms with Gasteiger partial charge in [0.1, 0.15) is 11.6 Å². The van der Waals surface area contributed by atoms with Crippen LogP contribution in [0.15, 0.2) is 43.0 Å². The first kappa shape index (κ1) is 25.9. The number of fused-ring (bicyclic) bond motifs is 1. The van der Waals surface area contributed by atoms with Crippen LogP contribution < -0.4 is 0 Å². The summed E-state index contributed by atoms with van der Waals surface area (Å²) in [6.45, 7) is 7.69. The number of aliphatic carboxylic acids is 1. The standard InChI is InChI=1S/C26H33BrN2O6/c1-4-9-15(3)28(12-5-2)24(32)22-26-13-17(27)21(35-26)19(25(33)34)20(26)23(31)29(22)18(14-30)16-10-7-6-8-11-16/h5-8,10-11,15,17-22,30H,2,4,9,12-14H2,1,3H3,(H,33,34)/t15?,17?,18-,19+,20+,21+,22?,26?/m1/s1. The smallest absolute Gasteiger partial charge is 0.310 e. The lowest BCUT2D eigenvalue weighted by Gasteiger charge is -2.41. The molecular weight excluding hydrogens is 516 g/mol. The summed E-state index contributed by atoms with van der Waals surface area (Å²) in [6, 6.07) is 7.04. The molecule has 0 aliphatic carbocycles. The van der Waals surface area contributed by atoms with E-state index in [1.54, 1.807) is 35.2 Å². The van der Waals surface area contributed by atoms with Crippen LogP contribution >= 0.6 is 15.9 Å². The van der Waals surface area contributed by atoms with Gasteiger partial charge in [0.05, 0.1) is 30.6 Å². The van der Waals surface area contributed by atoms with Gasteiger partial charge < -0.3 is 24.7 Å². The highest BCUT2D eigenvalue weighted by Crippen LogP contribution is 2.61. The van der Waals surface area contributed by atoms with Gasteiger partial charge >= 0.3 is 5.97 Å². The van der Waals surface area contributed by atoms with Crippen LogP contribution in [0.5, 0.6) is 0 Å². The summed E-state index contributed by atoms with van der Waals surface area (Å²) in [5.41, 5.74) is -0.616. The Kier molecular flexibility index (Phi) is 7.41. The molecule has 2 amide bonds. The molecule has 8 atom stereocenters. The molecule has 4 unspecified atom stereocenters. The largest absolute Gasteiger partial charge is 0.481 e. The summed E-state index contributed by atoms with van der Waals surface area (Å²) in [6.07, 6.45) is 2.92. The number of benzene rings is 1. The monoisotopic (exact) mass is 548 g/mol. The number of nitrogens with zero attached hydrogens (tertiary/aromatic N) is 2. The molecule has 1 aromatic carbocycles. The van der Waals surface area contributed by atoms with Gasteiger partial charge in [0.2, 0.25) is 11.8 Å². The second-order valence-electron chi connectivity index (χ2n) is 9.77. The van der Waals surface area contributed by atoms with Crippen LogP contribution in [-0.2, 0) is 19.1 Å². The number of aliphatic hydroxyl groups is 1. The van der Waals surface area contributed by atoms with Gasteiger partial charge in [-0.3, -0.25) is 14.4 Å². The van der Waals surface area contributed by atoms with E-state index in [-0.39, 0.29) is 23.3 Å². The van der Waals surface area contributed by atoms with Crippen molar-refractivity contribution >= 4 is 33.7 Å². The molecule has 3 fully saturated rings. The molecule has 3 aliphatic heterocycles. The van der Waals surface area contributed by atoms with Crippen molar-refractivity contribution in [2.24, 2.45) is 11.8 Å². The number of carboxylic acids is 1. The number of carbonyl (C=O) groups is 3. The molecule has 8 nitrogen and oxygen atoms in total. The van der Waals surface area contributed by atoms with Crippen LogP contribution in [0.2, 0.25) is 0 Å². The number of ether oxygens (including phenoxy) is 1. The van der Waals surface area contributed by atoms with Crippen LogP contribution in [-0.4, -0.2) is 79.6 Å². The number of halogens is 1. The summed E-state index contributed by atoms with van der Waals surface area (Å²) < 4.78 is 6.36. The van der Waals surface area contributed by atoms with Crippen molar-refractivity contribution < 1.29 is 29.3 Å². The number of amides is 2. The summed E-state index contributed by atoms with van der Waals surface area (Å²) in [7, 11) is 0. The Balaban J connectivity index is 1.86. The average molecular weight is 549 g/mol. The fraction of sp³-hybridized carbons (Fsp3) is 0.577. The van der Waals surface area contributed by atoms with Gasteiger partial charge in [0, 0.05) is 17.4 Å². The molecule has 2 N–H and O–H groups in total. The average Bonchev–Trinajstić information content (AvgIpc) is 3.42. The van der Waals surface area contributed by atoms with Gasteiger partial charge in [-0.15, -0.1) is 6.58 Å². The first-order chi connectivity index (χ1) is 16.7. The zero-order chi connectivity index (χ0) is 25.5. The number of hydrogen-bond acceptors (Lipinski definition) is 5. The minimum atomic E-state index is -1.29. The van der Waals surface area contributed by atoms with Gasteiger partial charge in [-0.05, 0) is 25.3 Å². The third-order valence-corrected chi connectivity index (χ3v) is 8.63. The van der Waals surface area contributed by atoms with E-state index in [9.17, 15) is 24.6 Å². The lowest BCUT2D eigenvalue weighted by Crippen LogP contribution is -2.58. The third kappa shape index (κ3) is 4.01. The Morgan fingerprint density at radius 2 is 2.06 bits per heavy atom. The molecule has 35 heavy (non-hydrogen) atoms. The highest BCUT2D eigenvalue weighted by Gasteiger charge is 2.77. The van der Waals surface area contributed by atoms with Crippen LogP contribution in [0, 0.1) is 11.8 Å². The molecule has 2 bridgehead atoms. The predicted octanol–water partition coefficient (Wildman–Crippen LogP) is 2.76. The molecule has 1 spiro atoms. The molecule has 3 heterocycles. The summed E-state index contributed by atoms with van der Waals surface area (Å²) in [5, 5.41) is 20.5. The zero-order valence-electron chi connectivity index (χ0n) is 20.0. The van der Waals surface area contributed by atoms with Crippen molar-refractivity contribution in [1.29, 1.82) is 0 Å². The van der Waals surface area contributed by atoms with E-state index in [1.807, 2.05) is 19.9 Å². The number of carboxylic acid groups (broad SMARTS) is 1. The Morgan fingerprint density at radius 3 is 2.63 bits per heavy atom. The Labute approximate surface area is 214 Å². The minimum absolute atomic E-state index is 0.115. The normalized spacial score (nSPS) is 32.9. The maximum atomic E-state index is 14.3. The number of carbonyl (C=O) groups excluding carboxylic acids is 2. The second-order valence-corrected chi connectivity index (χ2v) is 10.9. The minimum Gasteiger partial charge on any atom is -0.481 e. The SMILES string of the molecule is C=CCN(C(=O)C1N([C@H](CO)c2ccccc2)C(=O)[C@@H]2[C@H](C(=O)O)[C@H]3OC12CC3Br)C(C)CCC. The number of alkyl halides is 1. The summed E-state index contributed by atoms with van der Waals surface area (Å²) in [4.78, 5) is 43.5. The van der Waals surface area contributed by atoms with E-state index in [4.69, 9.17) is 4.74 Å². The maximum absolute atomic E-state index is 14.3. The maximum Gasteiger partial charge on any atom is 0.310 e. The first-order valence-corrected chi connectivity index (χ1v) is 13.1. The molecule has 0 saturated carbocycles. The molecule has 190 valence electrons. The van der Waals surface area contributed by atoms with Crippen molar-refractivity contribution in [2.75, 3.05) is 13.2 Å². The summed E-state index contributed by atoms with van der Waals surface area (Å²) in [5.74, 6) is -3.95. The molecule has 3 saturated heterocycles. The van der Waals surface area contributed by atoms with Crippen LogP contribution in [0.4, 0.5) is 0 Å². The molecule has 9 heteroatoms. The number of likely N-dealkylation sites (tertiary alicyclic amines) is 1. The number of aliphatic hydroxyl groups excluding tert-OH is 1. The van der Waals surface area contributed by atoms with Crippen molar-refractivity contribution in [3.8, 4) is 0 Å². The van der Waals surface area contributed by atoms with E-state index in [1.165, 1.54) is 4.90 Å². The van der Waals surface area contributed by atoms with Crippen molar-refractivity contribution in [3.63, 3.8) is 0 Å². The first-order valence-electron chi connectivity index (χ1n) is 12.2. The number of hydrogen-bond donors (Lipinski definition) is 2. The zero-order valence-corrected chi connectivity index (χ0v) is 21.6. The van der Waals surface area contributed by atoms with Gasteiger partial charge in [0.25, 0.3) is 0 Å². The van der Waals surface area contributed by atoms with Crippen LogP contribution in [0.25, 0.3) is 0 Å². The van der Waals surface area contributed by atoms with Gasteiger partial charge in [-0.1, -0.05) is 65.7 Å². The Bertz CT molecular complexity index is 989. The highest BCUT2D eigenvalue weighted by molar-refractivity contribution is 9.09. The van der Waals surface area contributed by atoms with E-state index < -0.39 is 54.1 Å².